The molecule has 0 aliphatic carbocycles. The number of nitrogens with one attached hydrogen (secondary N) is 1. The second-order valence-corrected chi connectivity index (χ2v) is 4.19. The van der Waals surface area contributed by atoms with Crippen LogP contribution in [-0.4, -0.2) is 30.8 Å². The predicted octanol–water partition coefficient (Wildman–Crippen LogP) is 1.52. The molecule has 0 aliphatic heterocycles. The molecule has 5 nitrogen and oxygen atoms in total. The number of nitrogens with zero attached hydrogens (tertiary/aromatic N) is 2. The third kappa shape index (κ3) is 3.53. The van der Waals surface area contributed by atoms with Gasteiger partial charge in [-0.05, 0) is 13.0 Å². The number of pyridine rings is 1. The van der Waals surface area contributed by atoms with Crippen molar-refractivity contribution in [3.63, 3.8) is 0 Å². The van der Waals surface area contributed by atoms with E-state index in [1.807, 2.05) is 0 Å². The molecule has 0 saturated carbocycles. The number of nitrogens with two attached hydrogens (primary N) is 1. The van der Waals surface area contributed by atoms with Crippen LogP contribution in [0.5, 0.6) is 0 Å². The van der Waals surface area contributed by atoms with Crippen molar-refractivity contribution in [2.75, 3.05) is 19.0 Å². The highest BCUT2D eigenvalue weighted by Crippen LogP contribution is 2.20. The Bertz CT molecular complexity index is 461. The molecule has 18 heavy (non-hydrogen) atoms. The minimum absolute atomic E-state index is 0.0104. The predicted molar refractivity (Wildman–Crippen MR) is 66.9 cm³/mol. The van der Waals surface area contributed by atoms with Gasteiger partial charge in [0.25, 0.3) is 0 Å². The molecule has 0 aliphatic rings. The van der Waals surface area contributed by atoms with Crippen molar-refractivity contribution in [1.82, 2.24) is 4.98 Å². The number of hydrogen-bond donors (Lipinski definition) is 2. The number of hydrogen-bond acceptors (Lipinski definition) is 5. The van der Waals surface area contributed by atoms with Crippen LogP contribution in [0.1, 0.15) is 12.5 Å². The number of aromatic nitrogens is 1. The number of ether oxygens (including phenoxy) is 1. The van der Waals surface area contributed by atoms with Gasteiger partial charge in [0, 0.05) is 13.2 Å². The number of halogens is 2. The van der Waals surface area contributed by atoms with Gasteiger partial charge in [-0.2, -0.15) is 5.26 Å². The van der Waals surface area contributed by atoms with E-state index in [1.54, 1.807) is 13.0 Å². The lowest BCUT2D eigenvalue weighted by Gasteiger charge is -2.22. The third-order valence-electron chi connectivity index (χ3n) is 2.35. The molecular weight excluding hydrogens is 259 g/mol. The topological polar surface area (TPSA) is 84.0 Å². The van der Waals surface area contributed by atoms with Crippen molar-refractivity contribution in [1.29, 1.82) is 5.26 Å². The molecule has 0 fully saturated rings. The van der Waals surface area contributed by atoms with Gasteiger partial charge in [-0.15, -0.1) is 0 Å². The Morgan fingerprint density at radius 3 is 2.89 bits per heavy atom. The summed E-state index contributed by atoms with van der Waals surface area (Å²) >= 11 is 5.74. The van der Waals surface area contributed by atoms with E-state index in [9.17, 15) is 4.39 Å². The number of anilines is 1. The van der Waals surface area contributed by atoms with Gasteiger partial charge >= 0.3 is 0 Å². The molecule has 1 aromatic rings. The zero-order chi connectivity index (χ0) is 13.7. The second-order valence-electron chi connectivity index (χ2n) is 3.83. The second kappa shape index (κ2) is 6.50. The fraction of sp³-hybridized carbons (Fsp3) is 0.455. The minimum atomic E-state index is -0.655. The van der Waals surface area contributed by atoms with Gasteiger partial charge in [-0.3, -0.25) is 0 Å². The average molecular weight is 273 g/mol. The van der Waals surface area contributed by atoms with Crippen LogP contribution in [0, 0.1) is 17.1 Å². The van der Waals surface area contributed by atoms with Gasteiger partial charge in [-0.1, -0.05) is 11.6 Å². The van der Waals surface area contributed by atoms with Crippen LogP contribution in [0.2, 0.25) is 5.15 Å². The van der Waals surface area contributed by atoms with Crippen LogP contribution in [0.4, 0.5) is 10.2 Å². The smallest absolute Gasteiger partial charge is 0.166 e. The first kappa shape index (κ1) is 14.6. The SMILES string of the molecule is COC[C@@H](Nc1nc(Cl)c(C#N)cc1F)[C@H](C)N. The standard InChI is InChI=1S/C11H14ClFN4O/c1-6(15)9(5-18-2)16-11-8(13)3-7(4-14)10(12)17-11/h3,6,9H,5,15H2,1-2H3,(H,16,17)/t6-,9+/m0/s1. The van der Waals surface area contributed by atoms with Gasteiger partial charge in [0.1, 0.15) is 11.2 Å². The molecule has 3 N–H and O–H groups in total. The Hall–Kier alpha value is -1.42. The Balaban J connectivity index is 2.97. The lowest BCUT2D eigenvalue weighted by molar-refractivity contribution is 0.179. The van der Waals surface area contributed by atoms with Gasteiger partial charge < -0.3 is 15.8 Å². The average Bonchev–Trinajstić information content (AvgIpc) is 2.32. The van der Waals surface area contributed by atoms with Gasteiger partial charge in [0.15, 0.2) is 11.6 Å². The molecule has 7 heteroatoms. The largest absolute Gasteiger partial charge is 0.382 e. The van der Waals surface area contributed by atoms with E-state index in [2.05, 4.69) is 10.3 Å². The summed E-state index contributed by atoms with van der Waals surface area (Å²) in [5, 5.41) is 11.4. The minimum Gasteiger partial charge on any atom is -0.382 e. The van der Waals surface area contributed by atoms with Crippen molar-refractivity contribution >= 4 is 17.4 Å². The lowest BCUT2D eigenvalue weighted by Crippen LogP contribution is -2.41. The Morgan fingerprint density at radius 1 is 1.72 bits per heavy atom. The van der Waals surface area contributed by atoms with E-state index >= 15 is 0 Å². The molecule has 1 rings (SSSR count). The molecule has 0 saturated heterocycles. The quantitative estimate of drug-likeness (QED) is 0.794. The summed E-state index contributed by atoms with van der Waals surface area (Å²) < 4.78 is 18.6. The highest BCUT2D eigenvalue weighted by atomic mass is 35.5. The van der Waals surface area contributed by atoms with Crippen LogP contribution < -0.4 is 11.1 Å². The molecule has 0 aromatic carbocycles. The summed E-state index contributed by atoms with van der Waals surface area (Å²) in [6.45, 7) is 2.07. The van der Waals surface area contributed by atoms with Crippen LogP contribution >= 0.6 is 11.6 Å². The third-order valence-corrected chi connectivity index (χ3v) is 2.64. The lowest BCUT2D eigenvalue weighted by atomic mass is 10.1. The maximum atomic E-state index is 13.7. The zero-order valence-corrected chi connectivity index (χ0v) is 10.8. The monoisotopic (exact) mass is 272 g/mol. The molecule has 1 heterocycles. The summed E-state index contributed by atoms with van der Waals surface area (Å²) in [6, 6.07) is 2.22. The van der Waals surface area contributed by atoms with Crippen molar-refractivity contribution in [3.05, 3.63) is 22.6 Å². The molecule has 0 bridgehead atoms. The number of nitriles is 1. The van der Waals surface area contributed by atoms with Crippen LogP contribution in [-0.2, 0) is 4.74 Å². The Kier molecular flexibility index (Phi) is 5.28. The van der Waals surface area contributed by atoms with E-state index in [-0.39, 0.29) is 28.6 Å². The van der Waals surface area contributed by atoms with E-state index in [0.717, 1.165) is 6.07 Å². The first-order chi connectivity index (χ1) is 8.49. The summed E-state index contributed by atoms with van der Waals surface area (Å²) in [5.41, 5.74) is 5.73. The number of rotatable bonds is 5. The zero-order valence-electron chi connectivity index (χ0n) is 10.1. The van der Waals surface area contributed by atoms with Gasteiger partial charge in [0.2, 0.25) is 0 Å². The van der Waals surface area contributed by atoms with Gasteiger partial charge in [-0.25, -0.2) is 9.37 Å². The molecule has 98 valence electrons. The molecule has 1 aromatic heterocycles. The van der Waals surface area contributed by atoms with Crippen molar-refractivity contribution in [2.45, 2.75) is 19.0 Å². The Labute approximate surface area is 110 Å². The highest BCUT2D eigenvalue weighted by Gasteiger charge is 2.17. The fourth-order valence-corrected chi connectivity index (χ4v) is 1.51. The first-order valence-corrected chi connectivity index (χ1v) is 5.64. The normalized spacial score (nSPS) is 13.8. The molecule has 0 spiro atoms. The Morgan fingerprint density at radius 2 is 2.39 bits per heavy atom. The van der Waals surface area contributed by atoms with Crippen molar-refractivity contribution in [3.8, 4) is 6.07 Å². The molecule has 2 atom stereocenters. The van der Waals surface area contributed by atoms with E-state index < -0.39 is 5.82 Å². The van der Waals surface area contributed by atoms with E-state index in [1.165, 1.54) is 7.11 Å². The fourth-order valence-electron chi connectivity index (χ4n) is 1.33. The van der Waals surface area contributed by atoms with Crippen LogP contribution in [0.3, 0.4) is 0 Å². The first-order valence-electron chi connectivity index (χ1n) is 5.26. The summed E-state index contributed by atoms with van der Waals surface area (Å²) in [4.78, 5) is 3.79. The summed E-state index contributed by atoms with van der Waals surface area (Å²) in [5.74, 6) is -0.698. The molecular formula is C11H14ClFN4O. The molecule has 0 amide bonds. The van der Waals surface area contributed by atoms with Crippen molar-refractivity contribution in [2.24, 2.45) is 5.73 Å². The van der Waals surface area contributed by atoms with Crippen molar-refractivity contribution < 1.29 is 9.13 Å². The number of methoxy groups -OCH3 is 1. The van der Waals surface area contributed by atoms with Crippen LogP contribution in [0.25, 0.3) is 0 Å². The maximum absolute atomic E-state index is 13.7. The summed E-state index contributed by atoms with van der Waals surface area (Å²) in [6.07, 6.45) is 0. The maximum Gasteiger partial charge on any atom is 0.166 e. The van der Waals surface area contributed by atoms with E-state index in [4.69, 9.17) is 27.3 Å². The molecule has 0 radical (unpaired) electrons. The summed E-state index contributed by atoms with van der Waals surface area (Å²) in [7, 11) is 1.52. The molecule has 0 unspecified atom stereocenters. The van der Waals surface area contributed by atoms with E-state index in [0.29, 0.717) is 6.61 Å². The van der Waals surface area contributed by atoms with Crippen LogP contribution in [0.15, 0.2) is 6.07 Å². The van der Waals surface area contributed by atoms with Gasteiger partial charge in [0.05, 0.1) is 18.2 Å². The highest BCUT2D eigenvalue weighted by molar-refractivity contribution is 6.30.